The van der Waals surface area contributed by atoms with E-state index in [1.807, 2.05) is 0 Å². The maximum absolute atomic E-state index is 13.2. The Bertz CT molecular complexity index is 562. The molecule has 1 aromatic carbocycles. The summed E-state index contributed by atoms with van der Waals surface area (Å²) in [6.07, 6.45) is 3.23. The van der Waals surface area contributed by atoms with E-state index in [-0.39, 0.29) is 4.90 Å². The summed E-state index contributed by atoms with van der Waals surface area (Å²) in [4.78, 5) is 0.130. The number of rotatable bonds is 0. The van der Waals surface area contributed by atoms with Crippen LogP contribution in [0, 0.1) is 5.82 Å². The highest BCUT2D eigenvalue weighted by atomic mass is 32.2. The molecule has 17 heavy (non-hydrogen) atoms. The van der Waals surface area contributed by atoms with Gasteiger partial charge in [-0.05, 0) is 31.0 Å². The van der Waals surface area contributed by atoms with Crippen LogP contribution in [0.2, 0.25) is 0 Å². The summed E-state index contributed by atoms with van der Waals surface area (Å²) in [6.45, 7) is 0.452. The van der Waals surface area contributed by atoms with Crippen molar-refractivity contribution in [3.63, 3.8) is 0 Å². The van der Waals surface area contributed by atoms with Crippen molar-refractivity contribution in [2.24, 2.45) is 0 Å². The first-order valence-electron chi connectivity index (χ1n) is 5.83. The van der Waals surface area contributed by atoms with Crippen molar-refractivity contribution in [1.82, 2.24) is 0 Å². The summed E-state index contributed by atoms with van der Waals surface area (Å²) in [5, 5.41) is 3.13. The lowest BCUT2D eigenvalue weighted by Gasteiger charge is -2.35. The van der Waals surface area contributed by atoms with Crippen LogP contribution in [0.4, 0.5) is 10.1 Å². The van der Waals surface area contributed by atoms with Gasteiger partial charge in [-0.3, -0.25) is 0 Å². The second-order valence-electron chi connectivity index (χ2n) is 4.89. The molecule has 5 heteroatoms. The fourth-order valence-electron chi connectivity index (χ4n) is 2.91. The van der Waals surface area contributed by atoms with Gasteiger partial charge in [0, 0.05) is 6.54 Å². The quantitative estimate of drug-likeness (QED) is 0.774. The molecule has 0 unspecified atom stereocenters. The summed E-state index contributed by atoms with van der Waals surface area (Å²) < 4.78 is 37.7. The Morgan fingerprint density at radius 2 is 1.94 bits per heavy atom. The van der Waals surface area contributed by atoms with E-state index in [1.54, 1.807) is 0 Å². The van der Waals surface area contributed by atoms with Gasteiger partial charge >= 0.3 is 0 Å². The molecule has 0 amide bonds. The molecule has 0 saturated heterocycles. The highest BCUT2D eigenvalue weighted by Gasteiger charge is 2.49. The van der Waals surface area contributed by atoms with Crippen LogP contribution in [0.1, 0.15) is 25.7 Å². The van der Waals surface area contributed by atoms with Crippen LogP contribution < -0.4 is 5.32 Å². The van der Waals surface area contributed by atoms with Gasteiger partial charge in [0.05, 0.1) is 15.3 Å². The van der Waals surface area contributed by atoms with Crippen molar-refractivity contribution >= 4 is 15.5 Å². The van der Waals surface area contributed by atoms with E-state index in [4.69, 9.17) is 0 Å². The number of sulfone groups is 1. The second-order valence-corrected chi connectivity index (χ2v) is 7.20. The van der Waals surface area contributed by atoms with Crippen LogP contribution >= 0.6 is 0 Å². The largest absolute Gasteiger partial charge is 0.382 e. The average molecular weight is 255 g/mol. The van der Waals surface area contributed by atoms with E-state index in [2.05, 4.69) is 5.32 Å². The van der Waals surface area contributed by atoms with Crippen molar-refractivity contribution in [3.8, 4) is 0 Å². The molecular formula is C12H14FNO2S. The minimum absolute atomic E-state index is 0.130. The van der Waals surface area contributed by atoms with E-state index >= 15 is 0 Å². The third-order valence-corrected chi connectivity index (χ3v) is 6.53. The summed E-state index contributed by atoms with van der Waals surface area (Å²) >= 11 is 0. The number of halogens is 1. The standard InChI is InChI=1S/C12H14FNO2S/c13-9-3-4-10-11(7-9)17(15,16)12(8-14-10)5-1-2-6-12/h3-4,7,14H,1-2,5-6,8H2. The molecule has 2 aliphatic rings. The van der Waals surface area contributed by atoms with Gasteiger partial charge < -0.3 is 5.32 Å². The van der Waals surface area contributed by atoms with E-state index < -0.39 is 20.4 Å². The second kappa shape index (κ2) is 3.45. The fraction of sp³-hybridized carbons (Fsp3) is 0.500. The molecule has 3 nitrogen and oxygen atoms in total. The number of nitrogens with one attached hydrogen (secondary N) is 1. The molecule has 1 spiro atoms. The Labute approximate surface area is 100.0 Å². The van der Waals surface area contributed by atoms with Crippen LogP contribution in [0.3, 0.4) is 0 Å². The molecule has 1 aliphatic heterocycles. The monoisotopic (exact) mass is 255 g/mol. The lowest BCUT2D eigenvalue weighted by Crippen LogP contribution is -2.46. The van der Waals surface area contributed by atoms with Crippen LogP contribution in [-0.4, -0.2) is 19.7 Å². The van der Waals surface area contributed by atoms with Gasteiger partial charge in [-0.1, -0.05) is 12.8 Å². The molecule has 1 aliphatic carbocycles. The van der Waals surface area contributed by atoms with E-state index in [0.29, 0.717) is 25.1 Å². The predicted octanol–water partition coefficient (Wildman–Crippen LogP) is 2.34. The zero-order valence-electron chi connectivity index (χ0n) is 9.37. The highest BCUT2D eigenvalue weighted by molar-refractivity contribution is 7.93. The molecule has 0 atom stereocenters. The lowest BCUT2D eigenvalue weighted by atomic mass is 10.1. The van der Waals surface area contributed by atoms with Crippen molar-refractivity contribution in [2.45, 2.75) is 35.3 Å². The van der Waals surface area contributed by atoms with Gasteiger partial charge in [0.25, 0.3) is 0 Å². The topological polar surface area (TPSA) is 46.2 Å². The van der Waals surface area contributed by atoms with Crippen molar-refractivity contribution < 1.29 is 12.8 Å². The van der Waals surface area contributed by atoms with Gasteiger partial charge in [-0.2, -0.15) is 0 Å². The lowest BCUT2D eigenvalue weighted by molar-refractivity contribution is 0.514. The third-order valence-electron chi connectivity index (χ3n) is 3.92. The van der Waals surface area contributed by atoms with Crippen LogP contribution in [0.15, 0.2) is 23.1 Å². The minimum atomic E-state index is -3.41. The molecule has 0 radical (unpaired) electrons. The molecule has 1 heterocycles. The van der Waals surface area contributed by atoms with Gasteiger partial charge in [0.15, 0.2) is 9.84 Å². The fourth-order valence-corrected chi connectivity index (χ4v) is 5.17. The number of hydrogen-bond donors (Lipinski definition) is 1. The normalized spacial score (nSPS) is 24.3. The first-order valence-corrected chi connectivity index (χ1v) is 7.32. The Morgan fingerprint density at radius 3 is 2.65 bits per heavy atom. The summed E-state index contributed by atoms with van der Waals surface area (Å²) in [6, 6.07) is 3.93. The molecular weight excluding hydrogens is 241 g/mol. The smallest absolute Gasteiger partial charge is 0.187 e. The SMILES string of the molecule is O=S1(=O)c2cc(F)ccc2NCC12CCCC2. The number of benzene rings is 1. The predicted molar refractivity (Wildman–Crippen MR) is 63.3 cm³/mol. The zero-order chi connectivity index (χ0) is 12.1. The van der Waals surface area contributed by atoms with Crippen molar-refractivity contribution in [3.05, 3.63) is 24.0 Å². The van der Waals surface area contributed by atoms with Crippen LogP contribution in [-0.2, 0) is 9.84 Å². The molecule has 1 saturated carbocycles. The summed E-state index contributed by atoms with van der Waals surface area (Å²) in [5.41, 5.74) is 0.531. The summed E-state index contributed by atoms with van der Waals surface area (Å²) in [7, 11) is -3.41. The molecule has 3 rings (SSSR count). The van der Waals surface area contributed by atoms with E-state index in [1.165, 1.54) is 12.1 Å². The Hall–Kier alpha value is -1.10. The van der Waals surface area contributed by atoms with Crippen molar-refractivity contribution in [1.29, 1.82) is 0 Å². The molecule has 1 aromatic rings. The molecule has 92 valence electrons. The summed E-state index contributed by atoms with van der Waals surface area (Å²) in [5.74, 6) is -0.496. The van der Waals surface area contributed by atoms with Gasteiger partial charge in [-0.25, -0.2) is 12.8 Å². The third kappa shape index (κ3) is 1.41. The maximum atomic E-state index is 13.2. The Balaban J connectivity index is 2.20. The van der Waals surface area contributed by atoms with Crippen LogP contribution in [0.5, 0.6) is 0 Å². The van der Waals surface area contributed by atoms with Crippen LogP contribution in [0.25, 0.3) is 0 Å². The zero-order valence-corrected chi connectivity index (χ0v) is 10.2. The van der Waals surface area contributed by atoms with Gasteiger partial charge in [-0.15, -0.1) is 0 Å². The number of fused-ring (bicyclic) bond motifs is 1. The highest BCUT2D eigenvalue weighted by Crippen LogP contribution is 2.45. The number of hydrogen-bond acceptors (Lipinski definition) is 3. The molecule has 1 N–H and O–H groups in total. The number of anilines is 1. The maximum Gasteiger partial charge on any atom is 0.187 e. The first-order chi connectivity index (χ1) is 8.05. The van der Waals surface area contributed by atoms with E-state index in [9.17, 15) is 12.8 Å². The van der Waals surface area contributed by atoms with E-state index in [0.717, 1.165) is 18.9 Å². The Morgan fingerprint density at radius 1 is 1.24 bits per heavy atom. The average Bonchev–Trinajstić information content (AvgIpc) is 2.76. The van der Waals surface area contributed by atoms with Gasteiger partial charge in [0.2, 0.25) is 0 Å². The van der Waals surface area contributed by atoms with Gasteiger partial charge in [0.1, 0.15) is 5.82 Å². The minimum Gasteiger partial charge on any atom is -0.382 e. The molecule has 1 fully saturated rings. The van der Waals surface area contributed by atoms with Crippen molar-refractivity contribution in [2.75, 3.05) is 11.9 Å². The molecule has 0 bridgehead atoms. The first kappa shape index (κ1) is 11.0. The Kier molecular flexibility index (Phi) is 2.23. The molecule has 0 aromatic heterocycles.